The maximum atomic E-state index is 9.31. The molecular weight excluding hydrogens is 222 g/mol. The van der Waals surface area contributed by atoms with E-state index in [2.05, 4.69) is 37.1 Å². The summed E-state index contributed by atoms with van der Waals surface area (Å²) in [5.41, 5.74) is 2.78. The third-order valence-corrected chi connectivity index (χ3v) is 3.30. The number of hydrogen-bond donors (Lipinski definition) is 1. The van der Waals surface area contributed by atoms with Crippen LogP contribution in [0.2, 0.25) is 0 Å². The zero-order valence-electron chi connectivity index (χ0n) is 11.8. The number of rotatable bonds is 6. The Morgan fingerprint density at radius 3 is 2.61 bits per heavy atom. The van der Waals surface area contributed by atoms with Gasteiger partial charge in [-0.15, -0.1) is 0 Å². The summed E-state index contributed by atoms with van der Waals surface area (Å²) >= 11 is 0. The minimum absolute atomic E-state index is 0.456. The molecule has 0 aromatic heterocycles. The Hall–Kier alpha value is -1.69. The number of nitrogens with zero attached hydrogens (tertiary/aromatic N) is 2. The fraction of sp³-hybridized carbons (Fsp3) is 0.533. The molecule has 1 aromatic carbocycles. The Morgan fingerprint density at radius 1 is 1.39 bits per heavy atom. The molecule has 0 aliphatic heterocycles. The zero-order valence-corrected chi connectivity index (χ0v) is 11.8. The van der Waals surface area contributed by atoms with Crippen LogP contribution < -0.4 is 10.2 Å². The molecule has 0 spiro atoms. The lowest BCUT2D eigenvalue weighted by Gasteiger charge is -2.31. The molecule has 0 radical (unpaired) electrons. The minimum atomic E-state index is 0.456. The van der Waals surface area contributed by atoms with Crippen LogP contribution in [0.5, 0.6) is 0 Å². The summed E-state index contributed by atoms with van der Waals surface area (Å²) in [6, 6.07) is 8.76. The summed E-state index contributed by atoms with van der Waals surface area (Å²) in [5, 5.41) is 12.4. The third-order valence-electron chi connectivity index (χ3n) is 3.30. The average molecular weight is 245 g/mol. The normalized spacial score (nSPS) is 11.7. The standard InChI is InChI=1S/C15H23N3/c1-5-9-18(12(3)6-2)15-8-7-14(17-4)10-13(15)11-16/h7-8,10,12,17H,5-6,9H2,1-4H3. The molecule has 1 aromatic rings. The van der Waals surface area contributed by atoms with E-state index in [1.54, 1.807) is 0 Å². The molecule has 1 N–H and O–H groups in total. The van der Waals surface area contributed by atoms with Gasteiger partial charge in [0.15, 0.2) is 0 Å². The summed E-state index contributed by atoms with van der Waals surface area (Å²) in [4.78, 5) is 2.33. The SMILES string of the molecule is CCCN(c1ccc(NC)cc1C#N)C(C)CC. The average Bonchev–Trinajstić information content (AvgIpc) is 2.43. The van der Waals surface area contributed by atoms with Crippen LogP contribution in [0.15, 0.2) is 18.2 Å². The molecule has 0 aliphatic carbocycles. The summed E-state index contributed by atoms with van der Waals surface area (Å²) in [6.45, 7) is 7.55. The predicted molar refractivity (Wildman–Crippen MR) is 78.1 cm³/mol. The molecule has 0 heterocycles. The molecule has 0 amide bonds. The molecule has 3 nitrogen and oxygen atoms in total. The first kappa shape index (κ1) is 14.4. The van der Waals surface area contributed by atoms with E-state index < -0.39 is 0 Å². The van der Waals surface area contributed by atoms with Crippen LogP contribution >= 0.6 is 0 Å². The topological polar surface area (TPSA) is 39.1 Å². The van der Waals surface area contributed by atoms with Gasteiger partial charge in [-0.1, -0.05) is 13.8 Å². The second-order valence-electron chi connectivity index (χ2n) is 4.54. The van der Waals surface area contributed by atoms with E-state index in [-0.39, 0.29) is 0 Å². The van der Waals surface area contributed by atoms with Crippen molar-refractivity contribution in [1.29, 1.82) is 5.26 Å². The van der Waals surface area contributed by atoms with Crippen LogP contribution in [0.25, 0.3) is 0 Å². The van der Waals surface area contributed by atoms with Crippen molar-refractivity contribution >= 4 is 11.4 Å². The van der Waals surface area contributed by atoms with E-state index in [4.69, 9.17) is 0 Å². The van der Waals surface area contributed by atoms with Gasteiger partial charge in [0, 0.05) is 25.3 Å². The van der Waals surface area contributed by atoms with Crippen molar-refractivity contribution in [2.45, 2.75) is 39.7 Å². The van der Waals surface area contributed by atoms with E-state index in [0.29, 0.717) is 6.04 Å². The molecule has 0 aliphatic rings. The van der Waals surface area contributed by atoms with Gasteiger partial charge in [0.25, 0.3) is 0 Å². The van der Waals surface area contributed by atoms with Crippen LogP contribution in [-0.2, 0) is 0 Å². The van der Waals surface area contributed by atoms with Crippen molar-refractivity contribution < 1.29 is 0 Å². The molecule has 1 unspecified atom stereocenters. The van der Waals surface area contributed by atoms with Crippen molar-refractivity contribution in [2.75, 3.05) is 23.8 Å². The van der Waals surface area contributed by atoms with Crippen LogP contribution in [-0.4, -0.2) is 19.6 Å². The van der Waals surface area contributed by atoms with Crippen LogP contribution in [0.4, 0.5) is 11.4 Å². The molecule has 1 rings (SSSR count). The quantitative estimate of drug-likeness (QED) is 0.832. The second kappa shape index (κ2) is 6.90. The summed E-state index contributed by atoms with van der Waals surface area (Å²) in [6.07, 6.45) is 2.17. The Labute approximate surface area is 110 Å². The van der Waals surface area contributed by atoms with Crippen LogP contribution in [0.3, 0.4) is 0 Å². The van der Waals surface area contributed by atoms with Gasteiger partial charge in [0.2, 0.25) is 0 Å². The molecule has 98 valence electrons. The van der Waals surface area contributed by atoms with E-state index in [1.807, 2.05) is 25.2 Å². The Bertz CT molecular complexity index is 420. The Kier molecular flexibility index (Phi) is 5.51. The lowest BCUT2D eigenvalue weighted by molar-refractivity contribution is 0.609. The number of nitriles is 1. The molecule has 18 heavy (non-hydrogen) atoms. The first-order valence-corrected chi connectivity index (χ1v) is 6.66. The van der Waals surface area contributed by atoms with Crippen molar-refractivity contribution in [3.05, 3.63) is 23.8 Å². The van der Waals surface area contributed by atoms with Gasteiger partial charge in [-0.3, -0.25) is 0 Å². The van der Waals surface area contributed by atoms with E-state index >= 15 is 0 Å². The summed E-state index contributed by atoms with van der Waals surface area (Å²) in [5.74, 6) is 0. The lowest BCUT2D eigenvalue weighted by atomic mass is 10.1. The molecule has 1 atom stereocenters. The van der Waals surface area contributed by atoms with Crippen LogP contribution in [0.1, 0.15) is 39.2 Å². The zero-order chi connectivity index (χ0) is 13.5. The first-order valence-electron chi connectivity index (χ1n) is 6.66. The summed E-state index contributed by atoms with van der Waals surface area (Å²) in [7, 11) is 1.87. The smallest absolute Gasteiger partial charge is 0.101 e. The Morgan fingerprint density at radius 2 is 2.11 bits per heavy atom. The second-order valence-corrected chi connectivity index (χ2v) is 4.54. The van der Waals surface area contributed by atoms with Crippen molar-refractivity contribution in [3.63, 3.8) is 0 Å². The highest BCUT2D eigenvalue weighted by Gasteiger charge is 2.15. The highest BCUT2D eigenvalue weighted by atomic mass is 15.2. The summed E-state index contributed by atoms with van der Waals surface area (Å²) < 4.78 is 0. The fourth-order valence-electron chi connectivity index (χ4n) is 2.07. The van der Waals surface area contributed by atoms with Gasteiger partial charge in [-0.05, 0) is 38.0 Å². The molecule has 0 saturated carbocycles. The highest BCUT2D eigenvalue weighted by Crippen LogP contribution is 2.26. The van der Waals surface area contributed by atoms with Crippen LogP contribution in [0, 0.1) is 11.3 Å². The first-order chi connectivity index (χ1) is 8.67. The number of anilines is 2. The Balaban J connectivity index is 3.15. The van der Waals surface area contributed by atoms with Gasteiger partial charge in [-0.25, -0.2) is 0 Å². The van der Waals surface area contributed by atoms with E-state index in [1.165, 1.54) is 0 Å². The molecule has 0 fully saturated rings. The van der Waals surface area contributed by atoms with E-state index in [0.717, 1.165) is 36.3 Å². The minimum Gasteiger partial charge on any atom is -0.388 e. The molecule has 3 heteroatoms. The van der Waals surface area contributed by atoms with Crippen molar-refractivity contribution in [3.8, 4) is 6.07 Å². The third kappa shape index (κ3) is 3.16. The van der Waals surface area contributed by atoms with Gasteiger partial charge in [0.05, 0.1) is 11.3 Å². The maximum absolute atomic E-state index is 9.31. The van der Waals surface area contributed by atoms with Crippen molar-refractivity contribution in [1.82, 2.24) is 0 Å². The molecular formula is C15H23N3. The van der Waals surface area contributed by atoms with Gasteiger partial charge >= 0.3 is 0 Å². The number of hydrogen-bond acceptors (Lipinski definition) is 3. The highest BCUT2D eigenvalue weighted by molar-refractivity contribution is 5.65. The fourth-order valence-corrected chi connectivity index (χ4v) is 2.07. The molecule has 0 saturated heterocycles. The van der Waals surface area contributed by atoms with Gasteiger partial charge < -0.3 is 10.2 Å². The van der Waals surface area contributed by atoms with Crippen molar-refractivity contribution in [2.24, 2.45) is 0 Å². The predicted octanol–water partition coefficient (Wildman–Crippen LogP) is 3.61. The van der Waals surface area contributed by atoms with E-state index in [9.17, 15) is 5.26 Å². The van der Waals surface area contributed by atoms with Gasteiger partial charge in [0.1, 0.15) is 6.07 Å². The van der Waals surface area contributed by atoms with Gasteiger partial charge in [-0.2, -0.15) is 5.26 Å². The number of nitrogens with one attached hydrogen (secondary N) is 1. The lowest BCUT2D eigenvalue weighted by Crippen LogP contribution is -2.33. The molecule has 0 bridgehead atoms. The number of benzene rings is 1. The maximum Gasteiger partial charge on any atom is 0.101 e. The monoisotopic (exact) mass is 245 g/mol. The largest absolute Gasteiger partial charge is 0.388 e.